The summed E-state index contributed by atoms with van der Waals surface area (Å²) < 4.78 is 0. The topological polar surface area (TPSA) is 70.1 Å². The number of nitrogens with zero attached hydrogens (tertiary/aromatic N) is 2. The third kappa shape index (κ3) is 4.61. The fourth-order valence-corrected chi connectivity index (χ4v) is 3.28. The van der Waals surface area contributed by atoms with E-state index in [2.05, 4.69) is 71.0 Å². The molecule has 0 atom stereocenters. The molecule has 4 rings (SSSR count). The minimum Gasteiger partial charge on any atom is -0.272 e. The lowest BCUT2D eigenvalue weighted by Gasteiger charge is -2.05. The van der Waals surface area contributed by atoms with E-state index in [9.17, 15) is 4.79 Å². The Balaban J connectivity index is 1.44. The van der Waals surface area contributed by atoms with Crippen LogP contribution in [0, 0.1) is 13.8 Å². The lowest BCUT2D eigenvalue weighted by Crippen LogP contribution is -2.19. The molecule has 154 valence electrons. The summed E-state index contributed by atoms with van der Waals surface area (Å²) in [4.78, 5) is 12.5. The van der Waals surface area contributed by atoms with Gasteiger partial charge in [-0.2, -0.15) is 10.2 Å². The van der Waals surface area contributed by atoms with Crippen LogP contribution in [0.1, 0.15) is 34.1 Å². The second-order valence-electron chi connectivity index (χ2n) is 7.55. The van der Waals surface area contributed by atoms with Gasteiger partial charge in [-0.05, 0) is 60.7 Å². The van der Waals surface area contributed by atoms with Crippen LogP contribution in [0.5, 0.6) is 0 Å². The summed E-state index contributed by atoms with van der Waals surface area (Å²) >= 11 is 0. The van der Waals surface area contributed by atoms with E-state index in [0.29, 0.717) is 5.69 Å². The van der Waals surface area contributed by atoms with E-state index in [1.54, 1.807) is 6.07 Å². The Bertz CT molecular complexity index is 1240. The Kier molecular flexibility index (Phi) is 5.76. The molecular formula is C26H24N4O. The van der Waals surface area contributed by atoms with Crippen LogP contribution in [0.15, 0.2) is 84.0 Å². The summed E-state index contributed by atoms with van der Waals surface area (Å²) in [5.41, 5.74) is 11.0. The van der Waals surface area contributed by atoms with Crippen molar-refractivity contribution in [1.29, 1.82) is 0 Å². The van der Waals surface area contributed by atoms with Crippen molar-refractivity contribution < 1.29 is 4.79 Å². The summed E-state index contributed by atoms with van der Waals surface area (Å²) in [6.07, 6.45) is 0. The van der Waals surface area contributed by atoms with Crippen molar-refractivity contribution in [2.24, 2.45) is 5.10 Å². The smallest absolute Gasteiger partial charge is 0.272 e. The van der Waals surface area contributed by atoms with E-state index < -0.39 is 0 Å². The monoisotopic (exact) mass is 408 g/mol. The van der Waals surface area contributed by atoms with E-state index in [-0.39, 0.29) is 5.91 Å². The van der Waals surface area contributed by atoms with Crippen LogP contribution in [0.4, 0.5) is 0 Å². The average Bonchev–Trinajstić information content (AvgIpc) is 3.30. The van der Waals surface area contributed by atoms with Gasteiger partial charge in [-0.1, -0.05) is 66.7 Å². The van der Waals surface area contributed by atoms with Crippen molar-refractivity contribution >= 4 is 11.6 Å². The van der Waals surface area contributed by atoms with E-state index >= 15 is 0 Å². The maximum atomic E-state index is 12.5. The van der Waals surface area contributed by atoms with E-state index in [1.165, 1.54) is 11.1 Å². The van der Waals surface area contributed by atoms with Gasteiger partial charge < -0.3 is 0 Å². The quantitative estimate of drug-likeness (QED) is 0.337. The Morgan fingerprint density at radius 3 is 2.23 bits per heavy atom. The summed E-state index contributed by atoms with van der Waals surface area (Å²) in [5.74, 6) is -0.331. The SMILES string of the molecule is C/C(=N/NC(=O)c1cc(-c2ccc(C)c(C)c2)n[nH]1)c1ccc(-c2ccccc2)cc1. The molecule has 0 saturated heterocycles. The van der Waals surface area contributed by atoms with Gasteiger partial charge in [0.15, 0.2) is 0 Å². The van der Waals surface area contributed by atoms with Crippen LogP contribution in [0.25, 0.3) is 22.4 Å². The van der Waals surface area contributed by atoms with E-state index in [1.807, 2.05) is 43.3 Å². The number of rotatable bonds is 5. The number of carbonyl (C=O) groups is 1. The van der Waals surface area contributed by atoms with Crippen molar-refractivity contribution in [2.75, 3.05) is 0 Å². The molecule has 3 aromatic carbocycles. The molecule has 1 aromatic heterocycles. The second-order valence-corrected chi connectivity index (χ2v) is 7.55. The van der Waals surface area contributed by atoms with Crippen LogP contribution in [-0.4, -0.2) is 21.8 Å². The van der Waals surface area contributed by atoms with Gasteiger partial charge in [0, 0.05) is 5.56 Å². The molecule has 0 aliphatic rings. The fraction of sp³-hybridized carbons (Fsp3) is 0.115. The van der Waals surface area contributed by atoms with Crippen LogP contribution in [-0.2, 0) is 0 Å². The standard InChI is InChI=1S/C26H24N4O/c1-17-9-10-23(15-18(17)2)24-16-25(29-28-24)26(31)30-27-19(3)20-11-13-22(14-12-20)21-7-5-4-6-8-21/h4-16H,1-3H3,(H,28,29)(H,30,31)/b27-19-. The first-order valence-electron chi connectivity index (χ1n) is 10.1. The van der Waals surface area contributed by atoms with Gasteiger partial charge in [0.2, 0.25) is 0 Å². The Morgan fingerprint density at radius 1 is 0.839 bits per heavy atom. The number of nitrogens with one attached hydrogen (secondary N) is 2. The van der Waals surface area contributed by atoms with Crippen molar-refractivity contribution in [1.82, 2.24) is 15.6 Å². The number of H-pyrrole nitrogens is 1. The molecule has 4 aromatic rings. The van der Waals surface area contributed by atoms with Gasteiger partial charge in [-0.25, -0.2) is 5.43 Å². The van der Waals surface area contributed by atoms with Crippen LogP contribution in [0.3, 0.4) is 0 Å². The van der Waals surface area contributed by atoms with E-state index in [4.69, 9.17) is 0 Å². The van der Waals surface area contributed by atoms with Gasteiger partial charge in [0.1, 0.15) is 5.69 Å². The zero-order valence-electron chi connectivity index (χ0n) is 17.8. The van der Waals surface area contributed by atoms with Crippen LogP contribution >= 0.6 is 0 Å². The maximum Gasteiger partial charge on any atom is 0.289 e. The Labute approximate surface area is 181 Å². The molecule has 0 bridgehead atoms. The summed E-state index contributed by atoms with van der Waals surface area (Å²) in [6, 6.07) is 26.2. The lowest BCUT2D eigenvalue weighted by atomic mass is 10.0. The van der Waals surface area contributed by atoms with Gasteiger partial charge in [-0.15, -0.1) is 0 Å². The highest BCUT2D eigenvalue weighted by Gasteiger charge is 2.11. The first-order valence-corrected chi connectivity index (χ1v) is 10.1. The first-order chi connectivity index (χ1) is 15.0. The highest BCUT2D eigenvalue weighted by atomic mass is 16.2. The van der Waals surface area contributed by atoms with Crippen molar-refractivity contribution in [2.45, 2.75) is 20.8 Å². The highest BCUT2D eigenvalue weighted by Crippen LogP contribution is 2.21. The summed E-state index contributed by atoms with van der Waals surface area (Å²) in [5, 5.41) is 11.3. The zero-order chi connectivity index (χ0) is 21.8. The number of hydrazone groups is 1. The Hall–Kier alpha value is -3.99. The first kappa shape index (κ1) is 20.3. The molecule has 31 heavy (non-hydrogen) atoms. The predicted octanol–water partition coefficient (Wildman–Crippen LogP) is 5.51. The third-order valence-electron chi connectivity index (χ3n) is 5.36. The fourth-order valence-electron chi connectivity index (χ4n) is 3.28. The lowest BCUT2D eigenvalue weighted by molar-refractivity contribution is 0.0950. The minimum absolute atomic E-state index is 0.331. The molecule has 1 heterocycles. The van der Waals surface area contributed by atoms with Crippen molar-refractivity contribution in [3.63, 3.8) is 0 Å². The predicted molar refractivity (Wildman–Crippen MR) is 125 cm³/mol. The Morgan fingerprint density at radius 2 is 1.52 bits per heavy atom. The molecule has 0 fully saturated rings. The molecular weight excluding hydrogens is 384 g/mol. The summed E-state index contributed by atoms with van der Waals surface area (Å²) in [7, 11) is 0. The number of hydrogen-bond acceptors (Lipinski definition) is 3. The molecule has 0 aliphatic carbocycles. The number of aromatic amines is 1. The van der Waals surface area contributed by atoms with Gasteiger partial charge in [0.25, 0.3) is 5.91 Å². The maximum absolute atomic E-state index is 12.5. The van der Waals surface area contributed by atoms with Gasteiger partial charge in [0.05, 0.1) is 11.4 Å². The highest BCUT2D eigenvalue weighted by molar-refractivity contribution is 6.01. The number of amides is 1. The molecule has 0 unspecified atom stereocenters. The average molecular weight is 409 g/mol. The van der Waals surface area contributed by atoms with Crippen molar-refractivity contribution in [3.8, 4) is 22.4 Å². The number of carbonyl (C=O) groups excluding carboxylic acids is 1. The molecule has 2 N–H and O–H groups in total. The number of benzene rings is 3. The van der Waals surface area contributed by atoms with Crippen LogP contribution < -0.4 is 5.43 Å². The normalized spacial score (nSPS) is 11.4. The summed E-state index contributed by atoms with van der Waals surface area (Å²) in [6.45, 7) is 5.99. The second kappa shape index (κ2) is 8.79. The van der Waals surface area contributed by atoms with Crippen LogP contribution in [0.2, 0.25) is 0 Å². The minimum atomic E-state index is -0.331. The number of aryl methyl sites for hydroxylation is 2. The third-order valence-corrected chi connectivity index (χ3v) is 5.36. The zero-order valence-corrected chi connectivity index (χ0v) is 17.8. The molecule has 0 radical (unpaired) electrons. The molecule has 1 amide bonds. The van der Waals surface area contributed by atoms with Gasteiger partial charge >= 0.3 is 0 Å². The molecule has 5 heteroatoms. The molecule has 0 saturated carbocycles. The number of aromatic nitrogens is 2. The largest absolute Gasteiger partial charge is 0.289 e. The molecule has 0 spiro atoms. The van der Waals surface area contributed by atoms with Crippen molar-refractivity contribution in [3.05, 3.63) is 101 Å². The number of hydrogen-bond donors (Lipinski definition) is 2. The van der Waals surface area contributed by atoms with E-state index in [0.717, 1.165) is 33.7 Å². The molecule has 5 nitrogen and oxygen atoms in total. The van der Waals surface area contributed by atoms with Gasteiger partial charge in [-0.3, -0.25) is 9.89 Å². The molecule has 0 aliphatic heterocycles.